The van der Waals surface area contributed by atoms with Gasteiger partial charge in [0.05, 0.1) is 64.2 Å². The van der Waals surface area contributed by atoms with E-state index >= 15 is 0 Å². The fourth-order valence-corrected chi connectivity index (χ4v) is 7.17. The van der Waals surface area contributed by atoms with Crippen molar-refractivity contribution in [1.29, 1.82) is 0 Å². The zero-order valence-corrected chi connectivity index (χ0v) is 38.3. The molecule has 1 unspecified atom stereocenters. The summed E-state index contributed by atoms with van der Waals surface area (Å²) < 4.78 is 16.8. The van der Waals surface area contributed by atoms with Crippen LogP contribution in [-0.4, -0.2) is 239 Å². The molecule has 0 saturated carbocycles. The first-order valence-corrected chi connectivity index (χ1v) is 22.2. The van der Waals surface area contributed by atoms with Gasteiger partial charge in [-0.2, -0.15) is 0 Å². The summed E-state index contributed by atoms with van der Waals surface area (Å²) in [6.45, 7) is 0.852. The van der Waals surface area contributed by atoms with Gasteiger partial charge in [-0.1, -0.05) is 6.07 Å². The monoisotopic (exact) mass is 978 g/mol. The first-order valence-electron chi connectivity index (χ1n) is 22.2. The molecule has 1 saturated heterocycles. The molecule has 2 aromatic rings. The maximum atomic E-state index is 13.5. The SMILES string of the molecule is O=C(O)CN1CCN(CC(=O)O)CCN(C(CCC(=O)CCCN(CCOCCOCCOCCNC(=O)c2ccc([N+](=O)[O-])cc2)C(=O)c2cccc(=O)n2O)C(=O)O)CCN(CC(=O)O)CC1. The summed E-state index contributed by atoms with van der Waals surface area (Å²) in [7, 11) is 0. The highest BCUT2D eigenvalue weighted by atomic mass is 16.6. The summed E-state index contributed by atoms with van der Waals surface area (Å²) in [6.07, 6.45) is -0.238. The van der Waals surface area contributed by atoms with Crippen LogP contribution in [0.2, 0.25) is 0 Å². The number of benzene rings is 1. The van der Waals surface area contributed by atoms with Crippen molar-refractivity contribution in [2.45, 2.75) is 31.7 Å². The number of carbonyl (C=O) groups is 7. The molecule has 26 heteroatoms. The van der Waals surface area contributed by atoms with Gasteiger partial charge in [0.15, 0.2) is 0 Å². The van der Waals surface area contributed by atoms with Crippen LogP contribution >= 0.6 is 0 Å². The Labute approximate surface area is 396 Å². The zero-order valence-electron chi connectivity index (χ0n) is 38.3. The predicted molar refractivity (Wildman–Crippen MR) is 240 cm³/mol. The molecule has 1 aromatic carbocycles. The Morgan fingerprint density at radius 3 is 1.70 bits per heavy atom. The molecule has 2 amide bonds. The highest BCUT2D eigenvalue weighted by Crippen LogP contribution is 2.14. The first-order chi connectivity index (χ1) is 32.9. The topological polar surface area (TPSA) is 342 Å². The number of amides is 2. The van der Waals surface area contributed by atoms with E-state index in [1.165, 1.54) is 41.3 Å². The molecule has 2 heterocycles. The second-order valence-corrected chi connectivity index (χ2v) is 15.8. The van der Waals surface area contributed by atoms with Gasteiger partial charge in [-0.25, -0.2) is 0 Å². The van der Waals surface area contributed by atoms with E-state index in [1.807, 2.05) is 0 Å². The van der Waals surface area contributed by atoms with E-state index in [1.54, 1.807) is 19.6 Å². The highest BCUT2D eigenvalue weighted by Gasteiger charge is 2.29. The second-order valence-electron chi connectivity index (χ2n) is 15.8. The smallest absolute Gasteiger partial charge is 0.320 e. The molecule has 69 heavy (non-hydrogen) atoms. The number of nitro groups is 1. The molecule has 0 bridgehead atoms. The summed E-state index contributed by atoms with van der Waals surface area (Å²) in [5.41, 5.74) is -1.02. The van der Waals surface area contributed by atoms with Gasteiger partial charge in [0.1, 0.15) is 17.5 Å². The molecular formula is C43H62N8O18. The number of nitrogens with zero attached hydrogens (tertiary/aromatic N) is 7. The average molecular weight is 979 g/mol. The Hall–Kier alpha value is -6.42. The maximum absolute atomic E-state index is 13.5. The summed E-state index contributed by atoms with van der Waals surface area (Å²) in [4.78, 5) is 116. The number of carbonyl (C=O) groups excluding carboxylic acids is 3. The van der Waals surface area contributed by atoms with Crippen LogP contribution in [0.25, 0.3) is 0 Å². The van der Waals surface area contributed by atoms with E-state index in [-0.39, 0.29) is 171 Å². The lowest BCUT2D eigenvalue weighted by Crippen LogP contribution is -2.51. The summed E-state index contributed by atoms with van der Waals surface area (Å²) >= 11 is 0. The molecule has 382 valence electrons. The molecule has 26 nitrogen and oxygen atoms in total. The predicted octanol–water partition coefficient (Wildman–Crippen LogP) is -1.03. The maximum Gasteiger partial charge on any atom is 0.320 e. The Balaban J connectivity index is 1.50. The molecule has 3 rings (SSSR count). The number of non-ortho nitro benzene ring substituents is 1. The number of aromatic nitrogens is 1. The third kappa shape index (κ3) is 22.0. The van der Waals surface area contributed by atoms with Crippen LogP contribution in [0.1, 0.15) is 46.5 Å². The van der Waals surface area contributed by atoms with Crippen molar-refractivity contribution in [1.82, 2.24) is 34.5 Å². The van der Waals surface area contributed by atoms with Crippen LogP contribution in [0.4, 0.5) is 5.69 Å². The number of aliphatic carboxylic acids is 4. The van der Waals surface area contributed by atoms with Gasteiger partial charge in [0, 0.05) is 109 Å². The zero-order chi connectivity index (χ0) is 50.7. The molecular weight excluding hydrogens is 917 g/mol. The van der Waals surface area contributed by atoms with Crippen molar-refractivity contribution in [3.8, 4) is 0 Å². The molecule has 0 radical (unpaired) electrons. The fraction of sp³-hybridized carbons (Fsp3) is 0.581. The van der Waals surface area contributed by atoms with Gasteiger partial charge in [0.2, 0.25) is 0 Å². The third-order valence-corrected chi connectivity index (χ3v) is 10.8. The number of Topliss-reactive ketones (excluding diaryl/α,β-unsaturated/α-hetero) is 1. The van der Waals surface area contributed by atoms with Crippen molar-refractivity contribution < 1.29 is 78.3 Å². The van der Waals surface area contributed by atoms with E-state index in [2.05, 4.69) is 5.32 Å². The summed E-state index contributed by atoms with van der Waals surface area (Å²) in [5, 5.41) is 62.5. The van der Waals surface area contributed by atoms with Gasteiger partial charge in [-0.15, -0.1) is 4.73 Å². The molecule has 1 atom stereocenters. The number of ether oxygens (including phenoxy) is 3. The van der Waals surface area contributed by atoms with Gasteiger partial charge < -0.3 is 50.1 Å². The minimum atomic E-state index is -1.24. The van der Waals surface area contributed by atoms with Gasteiger partial charge in [-0.05, 0) is 31.0 Å². The van der Waals surface area contributed by atoms with Gasteiger partial charge in [0.25, 0.3) is 23.1 Å². The van der Waals surface area contributed by atoms with Gasteiger partial charge in [-0.3, -0.25) is 68.1 Å². The average Bonchev–Trinajstić information content (AvgIpc) is 3.29. The third-order valence-electron chi connectivity index (χ3n) is 10.8. The van der Waals surface area contributed by atoms with Crippen molar-refractivity contribution in [2.24, 2.45) is 0 Å². The van der Waals surface area contributed by atoms with Crippen LogP contribution in [0.15, 0.2) is 47.3 Å². The number of ketones is 1. The normalized spacial score (nSPS) is 15.0. The van der Waals surface area contributed by atoms with E-state index in [4.69, 9.17) is 14.2 Å². The molecule has 1 fully saturated rings. The lowest BCUT2D eigenvalue weighted by molar-refractivity contribution is -0.384. The number of carboxylic acid groups (broad SMARTS) is 4. The number of nitro benzene ring substituents is 1. The van der Waals surface area contributed by atoms with E-state index in [9.17, 15) is 74.1 Å². The lowest BCUT2D eigenvalue weighted by Gasteiger charge is -2.35. The van der Waals surface area contributed by atoms with E-state index in [0.717, 1.165) is 6.07 Å². The Morgan fingerprint density at radius 1 is 0.681 bits per heavy atom. The molecule has 1 aliphatic rings. The van der Waals surface area contributed by atoms with E-state index < -0.39 is 65.3 Å². The first kappa shape index (κ1) is 56.9. The second kappa shape index (κ2) is 30.9. The van der Waals surface area contributed by atoms with E-state index in [0.29, 0.717) is 0 Å². The van der Waals surface area contributed by atoms with Crippen molar-refractivity contribution in [3.63, 3.8) is 0 Å². The standard InChI is InChI=1S/C43H62N8O18/c52-34(10-11-36(43(62)63)48-20-18-46(30-39(56)57)16-14-45(29-38(54)55)15-17-47(19-21-48)31-40(58)59)3-2-13-49(42(61)35-4-1-5-37(53)50(35)64)22-24-68-26-28-69-27-25-67-23-12-44-41(60)32-6-8-33(9-7-32)51(65)66/h1,4-9,36,64H,2-3,10-31H2,(H,44,60)(H,54,55)(H,56,57)(H,58,59)(H,62,63). The molecule has 0 spiro atoms. The van der Waals surface area contributed by atoms with Crippen molar-refractivity contribution >= 4 is 47.2 Å². The Bertz CT molecular complexity index is 2040. The minimum Gasteiger partial charge on any atom is -0.480 e. The highest BCUT2D eigenvalue weighted by molar-refractivity contribution is 5.94. The number of hydrogen-bond acceptors (Lipinski definition) is 18. The summed E-state index contributed by atoms with van der Waals surface area (Å²) in [6, 6.07) is 7.59. The number of pyridine rings is 1. The number of rotatable bonds is 30. The van der Waals surface area contributed by atoms with Gasteiger partial charge >= 0.3 is 23.9 Å². The Kier molecular flexibility index (Phi) is 25.4. The quantitative estimate of drug-likeness (QED) is 0.0236. The van der Waals surface area contributed by atoms with Crippen LogP contribution in [0.3, 0.4) is 0 Å². The molecule has 0 aliphatic carbocycles. The molecule has 6 N–H and O–H groups in total. The summed E-state index contributed by atoms with van der Waals surface area (Å²) in [5.74, 6) is -6.06. The molecule has 1 aliphatic heterocycles. The Morgan fingerprint density at radius 2 is 1.19 bits per heavy atom. The number of nitrogens with one attached hydrogen (secondary N) is 1. The van der Waals surface area contributed by atoms with Crippen molar-refractivity contribution in [3.05, 3.63) is 74.2 Å². The number of carboxylic acids is 4. The van der Waals surface area contributed by atoms with Crippen LogP contribution in [0, 0.1) is 10.1 Å². The minimum absolute atomic E-state index is 0.00358. The van der Waals surface area contributed by atoms with Crippen molar-refractivity contribution in [2.75, 3.05) is 131 Å². The largest absolute Gasteiger partial charge is 0.480 e. The fourth-order valence-electron chi connectivity index (χ4n) is 7.17. The van der Waals surface area contributed by atoms with Crippen LogP contribution < -0.4 is 10.9 Å². The lowest BCUT2D eigenvalue weighted by atomic mass is 10.0. The number of hydrogen-bond donors (Lipinski definition) is 6. The molecule has 1 aromatic heterocycles. The van der Waals surface area contributed by atoms with Crippen LogP contribution in [0.5, 0.6) is 0 Å². The van der Waals surface area contributed by atoms with Crippen LogP contribution in [-0.2, 0) is 38.2 Å².